The Bertz CT molecular complexity index is 883. The number of carboxylic acids is 1. The Kier molecular flexibility index (Phi) is 6.39. The summed E-state index contributed by atoms with van der Waals surface area (Å²) in [7, 11) is 0. The molecule has 5 nitrogen and oxygen atoms in total. The number of hydrogen-bond donors (Lipinski definition) is 2. The third-order valence-corrected chi connectivity index (χ3v) is 5.40. The van der Waals surface area contributed by atoms with Crippen LogP contribution in [0.3, 0.4) is 0 Å². The fraction of sp³-hybridized carbons (Fsp3) is 0.391. The molecule has 0 heterocycles. The van der Waals surface area contributed by atoms with Crippen molar-refractivity contribution in [2.24, 2.45) is 5.41 Å². The predicted octanol–water partition coefficient (Wildman–Crippen LogP) is 5.05. The first kappa shape index (κ1) is 21.7. The molecule has 0 fully saturated rings. The number of fused-ring (bicyclic) bond motifs is 3. The molecule has 0 bridgehead atoms. The Labute approximate surface area is 174 Å². The van der Waals surface area contributed by atoms with Gasteiger partial charge in [0.2, 0.25) is 6.43 Å². The molecule has 0 saturated heterocycles. The minimum atomic E-state index is -2.55. The van der Waals surface area contributed by atoms with Gasteiger partial charge < -0.3 is 15.2 Å². The molecule has 1 aliphatic rings. The Balaban J connectivity index is 1.66. The number of rotatable bonds is 8. The van der Waals surface area contributed by atoms with Crippen LogP contribution in [0.25, 0.3) is 11.1 Å². The molecular weight excluding hydrogens is 392 g/mol. The van der Waals surface area contributed by atoms with Crippen LogP contribution in [-0.2, 0) is 9.53 Å². The number of halogens is 2. The average molecular weight is 417 g/mol. The number of ether oxygens (including phenoxy) is 1. The molecule has 2 aromatic carbocycles. The molecular formula is C23H25F2NO4. The summed E-state index contributed by atoms with van der Waals surface area (Å²) in [5, 5.41) is 11.7. The SMILES string of the molecule is CC(C)(CC(F)F)CC(NC(=O)OCC1c2ccccc2-c2ccccc21)C(=O)O. The third-order valence-electron chi connectivity index (χ3n) is 5.40. The van der Waals surface area contributed by atoms with E-state index in [1.54, 1.807) is 13.8 Å². The first-order valence-electron chi connectivity index (χ1n) is 9.80. The topological polar surface area (TPSA) is 75.6 Å². The molecule has 0 radical (unpaired) electrons. The number of hydrogen-bond acceptors (Lipinski definition) is 3. The van der Waals surface area contributed by atoms with Gasteiger partial charge in [-0.1, -0.05) is 62.4 Å². The lowest BCUT2D eigenvalue weighted by Crippen LogP contribution is -2.44. The summed E-state index contributed by atoms with van der Waals surface area (Å²) in [6.07, 6.45) is -4.01. The van der Waals surface area contributed by atoms with Gasteiger partial charge in [0.1, 0.15) is 12.6 Å². The summed E-state index contributed by atoms with van der Waals surface area (Å²) in [4.78, 5) is 23.8. The maximum Gasteiger partial charge on any atom is 0.407 e. The van der Waals surface area contributed by atoms with E-state index in [0.717, 1.165) is 22.3 Å². The van der Waals surface area contributed by atoms with Gasteiger partial charge in [0, 0.05) is 12.3 Å². The molecule has 1 unspecified atom stereocenters. The number of carboxylic acid groups (broad SMARTS) is 1. The smallest absolute Gasteiger partial charge is 0.407 e. The van der Waals surface area contributed by atoms with Crippen molar-refractivity contribution in [1.82, 2.24) is 5.32 Å². The molecule has 0 saturated carbocycles. The first-order chi connectivity index (χ1) is 14.2. The third kappa shape index (κ3) is 4.96. The van der Waals surface area contributed by atoms with Crippen molar-refractivity contribution in [3.8, 4) is 11.1 Å². The maximum atomic E-state index is 12.7. The van der Waals surface area contributed by atoms with Crippen LogP contribution in [0.15, 0.2) is 48.5 Å². The number of aliphatic carboxylic acids is 1. The van der Waals surface area contributed by atoms with Crippen molar-refractivity contribution in [1.29, 1.82) is 0 Å². The minimum Gasteiger partial charge on any atom is -0.480 e. The zero-order valence-electron chi connectivity index (χ0n) is 16.9. The van der Waals surface area contributed by atoms with Crippen LogP contribution in [0.4, 0.5) is 13.6 Å². The summed E-state index contributed by atoms with van der Waals surface area (Å²) in [5.74, 6) is -1.44. The molecule has 2 aromatic rings. The number of carbonyl (C=O) groups is 2. The van der Waals surface area contributed by atoms with Crippen LogP contribution in [0.1, 0.15) is 43.7 Å². The monoisotopic (exact) mass is 417 g/mol. The van der Waals surface area contributed by atoms with E-state index < -0.39 is 36.4 Å². The van der Waals surface area contributed by atoms with Crippen LogP contribution >= 0.6 is 0 Å². The zero-order chi connectivity index (χ0) is 21.9. The fourth-order valence-corrected chi connectivity index (χ4v) is 4.04. The largest absolute Gasteiger partial charge is 0.480 e. The normalized spacial score (nSPS) is 14.2. The lowest BCUT2D eigenvalue weighted by molar-refractivity contribution is -0.140. The molecule has 3 rings (SSSR count). The molecule has 1 amide bonds. The van der Waals surface area contributed by atoms with Crippen molar-refractivity contribution >= 4 is 12.1 Å². The Morgan fingerprint density at radius 1 is 1.03 bits per heavy atom. The van der Waals surface area contributed by atoms with Gasteiger partial charge in [-0.2, -0.15) is 0 Å². The molecule has 0 spiro atoms. The maximum absolute atomic E-state index is 12.7. The molecule has 1 aliphatic carbocycles. The van der Waals surface area contributed by atoms with Crippen molar-refractivity contribution < 1.29 is 28.2 Å². The number of alkyl halides is 2. The van der Waals surface area contributed by atoms with E-state index in [0.29, 0.717) is 0 Å². The van der Waals surface area contributed by atoms with E-state index in [1.807, 2.05) is 48.5 Å². The van der Waals surface area contributed by atoms with Crippen LogP contribution in [0.5, 0.6) is 0 Å². The highest BCUT2D eigenvalue weighted by Crippen LogP contribution is 2.44. The van der Waals surface area contributed by atoms with Gasteiger partial charge in [-0.15, -0.1) is 0 Å². The Hall–Kier alpha value is -2.96. The Morgan fingerprint density at radius 3 is 2.07 bits per heavy atom. The number of benzene rings is 2. The second-order valence-electron chi connectivity index (χ2n) is 8.32. The lowest BCUT2D eigenvalue weighted by atomic mass is 9.82. The summed E-state index contributed by atoms with van der Waals surface area (Å²) in [6.45, 7) is 3.15. The highest BCUT2D eigenvalue weighted by atomic mass is 19.3. The molecule has 0 aromatic heterocycles. The highest BCUT2D eigenvalue weighted by molar-refractivity contribution is 5.81. The molecule has 2 N–H and O–H groups in total. The van der Waals surface area contributed by atoms with Gasteiger partial charge in [0.25, 0.3) is 0 Å². The van der Waals surface area contributed by atoms with Crippen LogP contribution < -0.4 is 5.32 Å². The van der Waals surface area contributed by atoms with E-state index in [-0.39, 0.29) is 18.9 Å². The van der Waals surface area contributed by atoms with E-state index in [9.17, 15) is 23.5 Å². The van der Waals surface area contributed by atoms with E-state index in [2.05, 4.69) is 5.32 Å². The van der Waals surface area contributed by atoms with Crippen molar-refractivity contribution in [3.63, 3.8) is 0 Å². The van der Waals surface area contributed by atoms with Crippen LogP contribution in [0, 0.1) is 5.41 Å². The van der Waals surface area contributed by atoms with E-state index >= 15 is 0 Å². The standard InChI is InChI=1S/C23H25F2NO4/c1-23(2,12-20(24)25)11-19(21(27)28)26-22(29)30-13-18-16-9-5-3-7-14(16)15-8-4-6-10-17(15)18/h3-10,18-20H,11-13H2,1-2H3,(H,26,29)(H,27,28). The molecule has 160 valence electrons. The quantitative estimate of drug-likeness (QED) is 0.630. The molecule has 30 heavy (non-hydrogen) atoms. The molecule has 7 heteroatoms. The highest BCUT2D eigenvalue weighted by Gasteiger charge is 2.33. The first-order valence-corrected chi connectivity index (χ1v) is 9.80. The zero-order valence-corrected chi connectivity index (χ0v) is 16.9. The van der Waals surface area contributed by atoms with E-state index in [1.165, 1.54) is 0 Å². The fourth-order valence-electron chi connectivity index (χ4n) is 4.04. The second-order valence-corrected chi connectivity index (χ2v) is 8.32. The number of nitrogens with one attached hydrogen (secondary N) is 1. The van der Waals surface area contributed by atoms with Gasteiger partial charge in [-0.25, -0.2) is 18.4 Å². The molecule has 1 atom stereocenters. The number of carbonyl (C=O) groups excluding carboxylic acids is 1. The van der Waals surface area contributed by atoms with E-state index in [4.69, 9.17) is 4.74 Å². The van der Waals surface area contributed by atoms with Crippen LogP contribution in [-0.4, -0.2) is 36.2 Å². The predicted molar refractivity (Wildman–Crippen MR) is 109 cm³/mol. The van der Waals surface area contributed by atoms with Gasteiger partial charge in [0.15, 0.2) is 0 Å². The van der Waals surface area contributed by atoms with Gasteiger partial charge in [-0.3, -0.25) is 0 Å². The minimum absolute atomic E-state index is 0.0482. The summed E-state index contributed by atoms with van der Waals surface area (Å²) >= 11 is 0. The van der Waals surface area contributed by atoms with Crippen LogP contribution in [0.2, 0.25) is 0 Å². The van der Waals surface area contributed by atoms with Crippen molar-refractivity contribution in [2.45, 2.75) is 45.1 Å². The summed E-state index contributed by atoms with van der Waals surface area (Å²) in [5.41, 5.74) is 3.30. The van der Waals surface area contributed by atoms with Crippen molar-refractivity contribution in [3.05, 3.63) is 59.7 Å². The number of alkyl carbamates (subject to hydrolysis) is 1. The van der Waals surface area contributed by atoms with Crippen molar-refractivity contribution in [2.75, 3.05) is 6.61 Å². The number of amides is 1. The summed E-state index contributed by atoms with van der Waals surface area (Å²) < 4.78 is 30.8. The Morgan fingerprint density at radius 2 is 1.57 bits per heavy atom. The van der Waals surface area contributed by atoms with Gasteiger partial charge in [0.05, 0.1) is 0 Å². The summed E-state index contributed by atoms with van der Waals surface area (Å²) in [6, 6.07) is 14.4. The molecule has 0 aliphatic heterocycles. The van der Waals surface area contributed by atoms with Gasteiger partial charge in [-0.05, 0) is 34.1 Å². The average Bonchev–Trinajstić information content (AvgIpc) is 2.98. The second kappa shape index (κ2) is 8.81. The lowest BCUT2D eigenvalue weighted by Gasteiger charge is -2.28. The van der Waals surface area contributed by atoms with Gasteiger partial charge >= 0.3 is 12.1 Å².